The van der Waals surface area contributed by atoms with Crippen molar-refractivity contribution in [3.05, 3.63) is 29.8 Å². The van der Waals surface area contributed by atoms with Gasteiger partial charge in [0.15, 0.2) is 0 Å². The third-order valence-corrected chi connectivity index (χ3v) is 2.90. The maximum atomic E-state index is 12.8. The van der Waals surface area contributed by atoms with Gasteiger partial charge in [0.1, 0.15) is 12.4 Å². The highest BCUT2D eigenvalue weighted by Crippen LogP contribution is 2.35. The predicted molar refractivity (Wildman–Crippen MR) is 71.3 cm³/mol. The molecule has 0 bridgehead atoms. The van der Waals surface area contributed by atoms with Crippen molar-refractivity contribution in [2.75, 3.05) is 19.7 Å². The zero-order chi connectivity index (χ0) is 16.0. The van der Waals surface area contributed by atoms with E-state index in [1.165, 1.54) is 18.2 Å². The van der Waals surface area contributed by atoms with Crippen LogP contribution in [0.2, 0.25) is 0 Å². The normalized spacial score (nSPS) is 12.0. The molecule has 1 aromatic carbocycles. The number of hydrogen-bond donors (Lipinski definition) is 1. The third-order valence-electron chi connectivity index (χ3n) is 2.90. The summed E-state index contributed by atoms with van der Waals surface area (Å²) in [7, 11) is 0. The maximum Gasteiger partial charge on any atom is 0.419 e. The minimum Gasteiger partial charge on any atom is -0.492 e. The molecule has 0 spiro atoms. The van der Waals surface area contributed by atoms with E-state index in [0.29, 0.717) is 0 Å². The molecular formula is C14H18F3NO3. The van der Waals surface area contributed by atoms with E-state index in [0.717, 1.165) is 6.07 Å². The molecule has 0 atom stereocenters. The lowest BCUT2D eigenvalue weighted by molar-refractivity contribution is -0.139. The summed E-state index contributed by atoms with van der Waals surface area (Å²) in [4.78, 5) is 12.3. The molecule has 118 valence electrons. The van der Waals surface area contributed by atoms with Crippen molar-refractivity contribution < 1.29 is 27.8 Å². The van der Waals surface area contributed by atoms with E-state index in [1.54, 1.807) is 4.90 Å². The first-order valence-corrected chi connectivity index (χ1v) is 6.46. The quantitative estimate of drug-likeness (QED) is 0.841. The summed E-state index contributed by atoms with van der Waals surface area (Å²) >= 11 is 0. The Kier molecular flexibility index (Phi) is 6.02. The van der Waals surface area contributed by atoms with Gasteiger partial charge in [0.2, 0.25) is 0 Å². The molecule has 0 aromatic heterocycles. The number of aliphatic carboxylic acids is 1. The first-order chi connectivity index (χ1) is 9.71. The van der Waals surface area contributed by atoms with Gasteiger partial charge < -0.3 is 9.84 Å². The van der Waals surface area contributed by atoms with E-state index in [9.17, 15) is 18.0 Å². The standard InChI is InChI=1S/C14H18F3NO3/c1-10(2)18(9-13(19)20)7-8-21-12-6-4-3-5-11(12)14(15,16)17/h3-6,10H,7-9H2,1-2H3,(H,19,20). The van der Waals surface area contributed by atoms with Crippen molar-refractivity contribution in [2.45, 2.75) is 26.1 Å². The van der Waals surface area contributed by atoms with Gasteiger partial charge in [0, 0.05) is 12.6 Å². The topological polar surface area (TPSA) is 49.8 Å². The zero-order valence-corrected chi connectivity index (χ0v) is 11.9. The van der Waals surface area contributed by atoms with Crippen LogP contribution in [-0.2, 0) is 11.0 Å². The van der Waals surface area contributed by atoms with Crippen molar-refractivity contribution in [2.24, 2.45) is 0 Å². The molecular weight excluding hydrogens is 287 g/mol. The fraction of sp³-hybridized carbons (Fsp3) is 0.500. The summed E-state index contributed by atoms with van der Waals surface area (Å²) in [6.07, 6.45) is -4.48. The number of hydrogen-bond acceptors (Lipinski definition) is 3. The van der Waals surface area contributed by atoms with Crippen LogP contribution < -0.4 is 4.74 Å². The smallest absolute Gasteiger partial charge is 0.419 e. The Labute approximate surface area is 121 Å². The zero-order valence-electron chi connectivity index (χ0n) is 11.9. The van der Waals surface area contributed by atoms with E-state index in [2.05, 4.69) is 0 Å². The fourth-order valence-corrected chi connectivity index (χ4v) is 1.79. The molecule has 0 radical (unpaired) electrons. The molecule has 0 aliphatic rings. The molecule has 0 amide bonds. The van der Waals surface area contributed by atoms with Gasteiger partial charge in [-0.3, -0.25) is 9.69 Å². The van der Waals surface area contributed by atoms with Gasteiger partial charge in [-0.25, -0.2) is 0 Å². The largest absolute Gasteiger partial charge is 0.492 e. The van der Waals surface area contributed by atoms with Crippen LogP contribution >= 0.6 is 0 Å². The number of carboxylic acids is 1. The molecule has 1 rings (SSSR count). The summed E-state index contributed by atoms with van der Waals surface area (Å²) in [5.74, 6) is -1.23. The first-order valence-electron chi connectivity index (χ1n) is 6.46. The Morgan fingerprint density at radius 2 is 1.95 bits per heavy atom. The number of rotatable bonds is 7. The maximum absolute atomic E-state index is 12.8. The number of halogens is 3. The Morgan fingerprint density at radius 3 is 2.48 bits per heavy atom. The van der Waals surface area contributed by atoms with E-state index < -0.39 is 17.7 Å². The molecule has 0 aliphatic carbocycles. The second-order valence-corrected chi connectivity index (χ2v) is 4.80. The van der Waals surface area contributed by atoms with Gasteiger partial charge in [-0.2, -0.15) is 13.2 Å². The molecule has 21 heavy (non-hydrogen) atoms. The first kappa shape index (κ1) is 17.3. The van der Waals surface area contributed by atoms with Crippen LogP contribution in [0, 0.1) is 0 Å². The molecule has 0 saturated heterocycles. The van der Waals surface area contributed by atoms with E-state index in [4.69, 9.17) is 9.84 Å². The molecule has 0 heterocycles. The van der Waals surface area contributed by atoms with E-state index in [1.807, 2.05) is 13.8 Å². The lowest BCUT2D eigenvalue weighted by atomic mass is 10.2. The monoisotopic (exact) mass is 305 g/mol. The molecule has 0 fully saturated rings. The van der Waals surface area contributed by atoms with Crippen molar-refractivity contribution in [3.63, 3.8) is 0 Å². The molecule has 4 nitrogen and oxygen atoms in total. The highest BCUT2D eigenvalue weighted by atomic mass is 19.4. The van der Waals surface area contributed by atoms with Gasteiger partial charge in [0.25, 0.3) is 0 Å². The van der Waals surface area contributed by atoms with Gasteiger partial charge >= 0.3 is 12.1 Å². The lowest BCUT2D eigenvalue weighted by Crippen LogP contribution is -2.38. The van der Waals surface area contributed by atoms with Crippen molar-refractivity contribution in [3.8, 4) is 5.75 Å². The van der Waals surface area contributed by atoms with Crippen molar-refractivity contribution in [1.82, 2.24) is 4.90 Å². The highest BCUT2D eigenvalue weighted by Gasteiger charge is 2.34. The summed E-state index contributed by atoms with van der Waals surface area (Å²) in [5, 5.41) is 8.77. The van der Waals surface area contributed by atoms with Crippen molar-refractivity contribution >= 4 is 5.97 Å². The van der Waals surface area contributed by atoms with Gasteiger partial charge in [-0.1, -0.05) is 12.1 Å². The van der Waals surface area contributed by atoms with E-state index >= 15 is 0 Å². The number of benzene rings is 1. The number of ether oxygens (including phenoxy) is 1. The summed E-state index contributed by atoms with van der Waals surface area (Å²) < 4.78 is 43.5. The SMILES string of the molecule is CC(C)N(CCOc1ccccc1C(F)(F)F)CC(=O)O. The fourth-order valence-electron chi connectivity index (χ4n) is 1.79. The predicted octanol–water partition coefficient (Wildman–Crippen LogP) is 2.88. The average molecular weight is 305 g/mol. The van der Waals surface area contributed by atoms with Crippen LogP contribution in [0.3, 0.4) is 0 Å². The number of alkyl halides is 3. The second kappa shape index (κ2) is 7.31. The highest BCUT2D eigenvalue weighted by molar-refractivity contribution is 5.69. The van der Waals surface area contributed by atoms with Gasteiger partial charge in [-0.05, 0) is 26.0 Å². The second-order valence-electron chi connectivity index (χ2n) is 4.80. The van der Waals surface area contributed by atoms with Crippen LogP contribution in [0.15, 0.2) is 24.3 Å². The number of carboxylic acid groups (broad SMARTS) is 1. The van der Waals surface area contributed by atoms with Crippen LogP contribution in [-0.4, -0.2) is 41.7 Å². The number of nitrogens with zero attached hydrogens (tertiary/aromatic N) is 1. The Morgan fingerprint density at radius 1 is 1.33 bits per heavy atom. The summed E-state index contributed by atoms with van der Waals surface area (Å²) in [6, 6.07) is 4.91. The lowest BCUT2D eigenvalue weighted by Gasteiger charge is -2.24. The van der Waals surface area contributed by atoms with Gasteiger partial charge in [-0.15, -0.1) is 0 Å². The molecule has 0 saturated carbocycles. The van der Waals surface area contributed by atoms with Crippen molar-refractivity contribution in [1.29, 1.82) is 0 Å². The Bertz CT molecular complexity index is 475. The van der Waals surface area contributed by atoms with Crippen LogP contribution in [0.25, 0.3) is 0 Å². The van der Waals surface area contributed by atoms with Crippen LogP contribution in [0.1, 0.15) is 19.4 Å². The number of carbonyl (C=O) groups is 1. The average Bonchev–Trinajstić information content (AvgIpc) is 2.36. The van der Waals surface area contributed by atoms with Crippen LogP contribution in [0.5, 0.6) is 5.75 Å². The Balaban J connectivity index is 2.65. The Hall–Kier alpha value is -1.76. The minimum atomic E-state index is -4.48. The molecule has 0 aliphatic heterocycles. The molecule has 1 N–H and O–H groups in total. The molecule has 7 heteroatoms. The molecule has 0 unspecified atom stereocenters. The van der Waals surface area contributed by atoms with Crippen LogP contribution in [0.4, 0.5) is 13.2 Å². The van der Waals surface area contributed by atoms with Gasteiger partial charge in [0.05, 0.1) is 12.1 Å². The van der Waals surface area contributed by atoms with E-state index in [-0.39, 0.29) is 31.5 Å². The molecule has 1 aromatic rings. The minimum absolute atomic E-state index is 0.0153. The number of para-hydroxylation sites is 1. The third kappa shape index (κ3) is 5.63. The summed E-state index contributed by atoms with van der Waals surface area (Å²) in [5.41, 5.74) is -0.834. The summed E-state index contributed by atoms with van der Waals surface area (Å²) in [6.45, 7) is 3.66.